The first-order valence-corrected chi connectivity index (χ1v) is 6.12. The molecular formula is C12H21N3O. The van der Waals surface area contributed by atoms with Crippen LogP contribution in [0, 0.1) is 0 Å². The molecule has 90 valence electrons. The van der Waals surface area contributed by atoms with Gasteiger partial charge in [0.1, 0.15) is 5.82 Å². The Morgan fingerprint density at radius 3 is 2.88 bits per heavy atom. The monoisotopic (exact) mass is 223 g/mol. The average Bonchev–Trinajstić information content (AvgIpc) is 3.04. The Hall–Kier alpha value is -0.870. The molecule has 1 saturated carbocycles. The van der Waals surface area contributed by atoms with Gasteiger partial charge in [0.25, 0.3) is 0 Å². The molecule has 1 heterocycles. The quantitative estimate of drug-likeness (QED) is 0.705. The topological polar surface area (TPSA) is 41.3 Å². The molecule has 0 spiro atoms. The van der Waals surface area contributed by atoms with E-state index in [2.05, 4.69) is 14.5 Å². The Balaban J connectivity index is 1.85. The van der Waals surface area contributed by atoms with Crippen molar-refractivity contribution in [1.29, 1.82) is 0 Å². The molecule has 0 amide bonds. The van der Waals surface area contributed by atoms with Gasteiger partial charge < -0.3 is 9.67 Å². The molecule has 0 unspecified atom stereocenters. The number of rotatable bonds is 7. The van der Waals surface area contributed by atoms with Crippen LogP contribution in [0.4, 0.5) is 0 Å². The normalized spacial score (nSPS) is 15.9. The zero-order valence-corrected chi connectivity index (χ0v) is 9.97. The molecule has 1 aromatic rings. The van der Waals surface area contributed by atoms with Crippen molar-refractivity contribution in [2.45, 2.75) is 38.3 Å². The van der Waals surface area contributed by atoms with Gasteiger partial charge in [-0.1, -0.05) is 0 Å². The average molecular weight is 223 g/mol. The van der Waals surface area contributed by atoms with Gasteiger partial charge in [0.15, 0.2) is 0 Å². The molecule has 1 aromatic heterocycles. The molecule has 0 saturated heterocycles. The lowest BCUT2D eigenvalue weighted by molar-refractivity contribution is 0.223. The summed E-state index contributed by atoms with van der Waals surface area (Å²) >= 11 is 0. The fourth-order valence-corrected chi connectivity index (χ4v) is 1.99. The number of aryl methyl sites for hydroxylation is 1. The van der Waals surface area contributed by atoms with Crippen LogP contribution in [0.5, 0.6) is 0 Å². The number of aromatic nitrogens is 2. The van der Waals surface area contributed by atoms with E-state index >= 15 is 0 Å². The number of aliphatic hydroxyl groups is 1. The summed E-state index contributed by atoms with van der Waals surface area (Å²) in [4.78, 5) is 6.86. The summed E-state index contributed by atoms with van der Waals surface area (Å²) < 4.78 is 2.08. The number of hydrogen-bond donors (Lipinski definition) is 1. The van der Waals surface area contributed by atoms with Crippen LogP contribution in [-0.2, 0) is 13.6 Å². The minimum absolute atomic E-state index is 0.306. The highest BCUT2D eigenvalue weighted by atomic mass is 16.2. The predicted molar refractivity (Wildman–Crippen MR) is 63.0 cm³/mol. The molecule has 1 N–H and O–H groups in total. The molecule has 1 aliphatic rings. The van der Waals surface area contributed by atoms with Gasteiger partial charge in [0.2, 0.25) is 0 Å². The number of imidazole rings is 1. The highest BCUT2D eigenvalue weighted by Gasteiger charge is 2.29. The lowest BCUT2D eigenvalue weighted by Gasteiger charge is -2.21. The van der Waals surface area contributed by atoms with E-state index in [0.29, 0.717) is 6.61 Å². The van der Waals surface area contributed by atoms with E-state index in [1.54, 1.807) is 0 Å². The fourth-order valence-electron chi connectivity index (χ4n) is 1.99. The zero-order valence-electron chi connectivity index (χ0n) is 9.97. The summed E-state index contributed by atoms with van der Waals surface area (Å²) in [6.07, 6.45) is 8.48. The van der Waals surface area contributed by atoms with Gasteiger partial charge in [0, 0.05) is 32.1 Å². The van der Waals surface area contributed by atoms with Crippen LogP contribution in [0.15, 0.2) is 12.4 Å². The molecule has 1 fully saturated rings. The predicted octanol–water partition coefficient (Wildman–Crippen LogP) is 1.16. The molecule has 0 bridgehead atoms. The smallest absolute Gasteiger partial charge is 0.122 e. The maximum atomic E-state index is 8.80. The first-order chi connectivity index (χ1) is 7.81. The van der Waals surface area contributed by atoms with E-state index < -0.39 is 0 Å². The second kappa shape index (κ2) is 5.46. The Morgan fingerprint density at radius 2 is 2.31 bits per heavy atom. The van der Waals surface area contributed by atoms with E-state index in [1.165, 1.54) is 12.8 Å². The van der Waals surface area contributed by atoms with Gasteiger partial charge in [0.05, 0.1) is 6.54 Å². The third-order valence-corrected chi connectivity index (χ3v) is 3.18. The highest BCUT2D eigenvalue weighted by molar-refractivity contribution is 4.94. The maximum Gasteiger partial charge on any atom is 0.122 e. The molecule has 0 radical (unpaired) electrons. The number of aliphatic hydroxyl groups excluding tert-OH is 1. The second-order valence-electron chi connectivity index (χ2n) is 4.59. The third kappa shape index (κ3) is 3.06. The van der Waals surface area contributed by atoms with E-state index in [1.807, 2.05) is 19.4 Å². The van der Waals surface area contributed by atoms with Crippen molar-refractivity contribution in [3.05, 3.63) is 18.2 Å². The minimum Gasteiger partial charge on any atom is -0.396 e. The maximum absolute atomic E-state index is 8.80. The Morgan fingerprint density at radius 1 is 1.50 bits per heavy atom. The summed E-state index contributed by atoms with van der Waals surface area (Å²) in [6, 6.07) is 0.760. The van der Waals surface area contributed by atoms with Crippen molar-refractivity contribution < 1.29 is 5.11 Å². The summed E-state index contributed by atoms with van der Waals surface area (Å²) in [6.45, 7) is 2.33. The third-order valence-electron chi connectivity index (χ3n) is 3.18. The standard InChI is InChI=1S/C12H21N3O/c1-14-8-6-13-12(14)10-15(11-4-5-11)7-2-3-9-16/h6,8,11,16H,2-5,7,9-10H2,1H3. The van der Waals surface area contributed by atoms with Crippen LogP contribution in [-0.4, -0.2) is 38.8 Å². The Bertz CT molecular complexity index is 320. The van der Waals surface area contributed by atoms with Gasteiger partial charge in [-0.3, -0.25) is 4.90 Å². The molecule has 0 aliphatic heterocycles. The lowest BCUT2D eigenvalue weighted by atomic mass is 10.3. The van der Waals surface area contributed by atoms with Crippen LogP contribution >= 0.6 is 0 Å². The minimum atomic E-state index is 0.306. The summed E-state index contributed by atoms with van der Waals surface area (Å²) in [5.74, 6) is 1.14. The van der Waals surface area contributed by atoms with Crippen LogP contribution in [0.1, 0.15) is 31.5 Å². The van der Waals surface area contributed by atoms with Crippen LogP contribution in [0.2, 0.25) is 0 Å². The molecule has 1 aliphatic carbocycles. The first kappa shape index (κ1) is 11.6. The summed E-state index contributed by atoms with van der Waals surface area (Å²) in [5.41, 5.74) is 0. The van der Waals surface area contributed by atoms with Gasteiger partial charge in [-0.15, -0.1) is 0 Å². The molecule has 4 heteroatoms. The molecule has 16 heavy (non-hydrogen) atoms. The van der Waals surface area contributed by atoms with Crippen molar-refractivity contribution in [2.24, 2.45) is 7.05 Å². The van der Waals surface area contributed by atoms with Gasteiger partial charge >= 0.3 is 0 Å². The van der Waals surface area contributed by atoms with Crippen LogP contribution in [0.3, 0.4) is 0 Å². The van der Waals surface area contributed by atoms with Crippen LogP contribution < -0.4 is 0 Å². The number of nitrogens with zero attached hydrogens (tertiary/aromatic N) is 3. The van der Waals surface area contributed by atoms with Gasteiger partial charge in [-0.25, -0.2) is 4.98 Å². The molecule has 2 rings (SSSR count). The highest BCUT2D eigenvalue weighted by Crippen LogP contribution is 2.28. The fraction of sp³-hybridized carbons (Fsp3) is 0.750. The van der Waals surface area contributed by atoms with E-state index in [4.69, 9.17) is 5.11 Å². The van der Waals surface area contributed by atoms with Crippen molar-refractivity contribution in [2.75, 3.05) is 13.2 Å². The van der Waals surface area contributed by atoms with E-state index in [0.717, 1.165) is 37.8 Å². The number of hydrogen-bond acceptors (Lipinski definition) is 3. The van der Waals surface area contributed by atoms with E-state index in [-0.39, 0.29) is 0 Å². The SMILES string of the molecule is Cn1ccnc1CN(CCCCO)C1CC1. The van der Waals surface area contributed by atoms with Gasteiger partial charge in [-0.2, -0.15) is 0 Å². The van der Waals surface area contributed by atoms with Gasteiger partial charge in [-0.05, 0) is 32.2 Å². The zero-order chi connectivity index (χ0) is 11.4. The van der Waals surface area contributed by atoms with Crippen molar-refractivity contribution >= 4 is 0 Å². The summed E-state index contributed by atoms with van der Waals surface area (Å²) in [7, 11) is 2.04. The van der Waals surface area contributed by atoms with E-state index in [9.17, 15) is 0 Å². The second-order valence-corrected chi connectivity index (χ2v) is 4.59. The molecule has 4 nitrogen and oxygen atoms in total. The van der Waals surface area contributed by atoms with Crippen molar-refractivity contribution in [3.63, 3.8) is 0 Å². The first-order valence-electron chi connectivity index (χ1n) is 6.12. The molecular weight excluding hydrogens is 202 g/mol. The number of unbranched alkanes of at least 4 members (excludes halogenated alkanes) is 1. The largest absolute Gasteiger partial charge is 0.396 e. The Kier molecular flexibility index (Phi) is 3.96. The van der Waals surface area contributed by atoms with Crippen molar-refractivity contribution in [3.8, 4) is 0 Å². The molecule has 0 aromatic carbocycles. The summed E-state index contributed by atoms with van der Waals surface area (Å²) in [5, 5.41) is 8.80. The van der Waals surface area contributed by atoms with Crippen molar-refractivity contribution in [1.82, 2.24) is 14.5 Å². The molecule has 0 atom stereocenters. The van der Waals surface area contributed by atoms with Crippen LogP contribution in [0.25, 0.3) is 0 Å². The Labute approximate surface area is 96.9 Å². The lowest BCUT2D eigenvalue weighted by Crippen LogP contribution is -2.28.